The van der Waals surface area contributed by atoms with Gasteiger partial charge in [0.15, 0.2) is 5.69 Å². The lowest BCUT2D eigenvalue weighted by Gasteiger charge is -2.34. The highest BCUT2D eigenvalue weighted by Gasteiger charge is 2.28. The Morgan fingerprint density at radius 2 is 1.97 bits per heavy atom. The fourth-order valence-electron chi connectivity index (χ4n) is 3.23. The van der Waals surface area contributed by atoms with E-state index in [9.17, 15) is 14.0 Å². The zero-order chi connectivity index (χ0) is 21.0. The molecule has 1 aromatic heterocycles. The monoisotopic (exact) mass is 402 g/mol. The Balaban J connectivity index is 1.52. The van der Waals surface area contributed by atoms with E-state index in [4.69, 9.17) is 4.74 Å². The highest BCUT2D eigenvalue weighted by atomic mass is 19.1. The largest absolute Gasteiger partial charge is 0.444 e. The van der Waals surface area contributed by atoms with Crippen LogP contribution in [0.4, 0.5) is 9.18 Å². The second-order valence-electron chi connectivity index (χ2n) is 8.27. The number of ether oxygens (including phenoxy) is 1. The number of piperidine rings is 1. The van der Waals surface area contributed by atoms with Crippen LogP contribution >= 0.6 is 0 Å². The molecule has 0 aliphatic carbocycles. The molecule has 1 atom stereocenters. The van der Waals surface area contributed by atoms with E-state index < -0.39 is 5.60 Å². The normalized spacial score (nSPS) is 17.1. The summed E-state index contributed by atoms with van der Waals surface area (Å²) in [4.78, 5) is 26.4. The molecule has 1 fully saturated rings. The molecule has 0 spiro atoms. The molecule has 7 nitrogen and oxygen atoms in total. The van der Waals surface area contributed by atoms with Crippen LogP contribution in [0.2, 0.25) is 0 Å². The first-order valence-corrected chi connectivity index (χ1v) is 9.79. The molecular weight excluding hydrogens is 375 g/mol. The van der Waals surface area contributed by atoms with Crippen molar-refractivity contribution in [3.8, 4) is 5.69 Å². The Bertz CT molecular complexity index is 858. The summed E-state index contributed by atoms with van der Waals surface area (Å²) in [5, 5.41) is 7.15. The number of amides is 2. The number of likely N-dealkylation sites (tertiary alicyclic amines) is 1. The molecule has 2 amide bonds. The molecular formula is C21H27FN4O3. The van der Waals surface area contributed by atoms with Crippen molar-refractivity contribution in [2.75, 3.05) is 19.6 Å². The SMILES string of the molecule is CC(C)(C)OC(=O)N1CCCC(CNC(=O)c2ccn(-c3ccc(F)cc3)n2)C1. The Hall–Kier alpha value is -2.90. The number of nitrogens with zero attached hydrogens (tertiary/aromatic N) is 3. The van der Waals surface area contributed by atoms with Gasteiger partial charge in [-0.05, 0) is 69.9 Å². The highest BCUT2D eigenvalue weighted by molar-refractivity contribution is 5.92. The molecule has 0 saturated carbocycles. The van der Waals surface area contributed by atoms with E-state index in [1.165, 1.54) is 16.8 Å². The lowest BCUT2D eigenvalue weighted by molar-refractivity contribution is 0.0167. The minimum absolute atomic E-state index is 0.166. The zero-order valence-electron chi connectivity index (χ0n) is 17.0. The lowest BCUT2D eigenvalue weighted by atomic mass is 9.98. The molecule has 3 rings (SSSR count). The van der Waals surface area contributed by atoms with Gasteiger partial charge in [0, 0.05) is 25.8 Å². The molecule has 0 radical (unpaired) electrons. The fraction of sp³-hybridized carbons (Fsp3) is 0.476. The molecule has 156 valence electrons. The number of hydrogen-bond donors (Lipinski definition) is 1. The summed E-state index contributed by atoms with van der Waals surface area (Å²) >= 11 is 0. The summed E-state index contributed by atoms with van der Waals surface area (Å²) in [5.41, 5.74) is 0.432. The topological polar surface area (TPSA) is 76.5 Å². The molecule has 1 aliphatic rings. The van der Waals surface area contributed by atoms with E-state index in [0.29, 0.717) is 25.3 Å². The summed E-state index contributed by atoms with van der Waals surface area (Å²) in [6, 6.07) is 7.49. The molecule has 2 heterocycles. The van der Waals surface area contributed by atoms with Crippen molar-refractivity contribution in [1.29, 1.82) is 0 Å². The second kappa shape index (κ2) is 8.63. The van der Waals surface area contributed by atoms with Crippen LogP contribution in [0.1, 0.15) is 44.1 Å². The van der Waals surface area contributed by atoms with Crippen LogP contribution in [0.25, 0.3) is 5.69 Å². The van der Waals surface area contributed by atoms with Gasteiger partial charge >= 0.3 is 6.09 Å². The zero-order valence-corrected chi connectivity index (χ0v) is 17.0. The second-order valence-corrected chi connectivity index (χ2v) is 8.27. The third kappa shape index (κ3) is 5.79. The Morgan fingerprint density at radius 3 is 2.66 bits per heavy atom. The summed E-state index contributed by atoms with van der Waals surface area (Å²) in [5.74, 6) is -0.438. The minimum atomic E-state index is -0.526. The maximum Gasteiger partial charge on any atom is 0.410 e. The Labute approximate surface area is 169 Å². The molecule has 1 saturated heterocycles. The van der Waals surface area contributed by atoms with Crippen molar-refractivity contribution in [2.24, 2.45) is 5.92 Å². The average molecular weight is 402 g/mol. The van der Waals surface area contributed by atoms with Gasteiger partial charge in [0.05, 0.1) is 5.69 Å². The third-order valence-electron chi connectivity index (χ3n) is 4.63. The van der Waals surface area contributed by atoms with E-state index in [-0.39, 0.29) is 29.4 Å². The number of benzene rings is 1. The lowest BCUT2D eigenvalue weighted by Crippen LogP contribution is -2.45. The van der Waals surface area contributed by atoms with Crippen LogP contribution < -0.4 is 5.32 Å². The van der Waals surface area contributed by atoms with Crippen molar-refractivity contribution < 1.29 is 18.7 Å². The smallest absolute Gasteiger partial charge is 0.410 e. The highest BCUT2D eigenvalue weighted by Crippen LogP contribution is 2.19. The molecule has 29 heavy (non-hydrogen) atoms. The van der Waals surface area contributed by atoms with E-state index >= 15 is 0 Å². The van der Waals surface area contributed by atoms with Crippen molar-refractivity contribution in [3.05, 3.63) is 48.0 Å². The van der Waals surface area contributed by atoms with Gasteiger partial charge in [-0.3, -0.25) is 4.79 Å². The van der Waals surface area contributed by atoms with Crippen LogP contribution in [0, 0.1) is 11.7 Å². The van der Waals surface area contributed by atoms with E-state index in [1.54, 1.807) is 29.3 Å². The first-order chi connectivity index (χ1) is 13.7. The predicted octanol–water partition coefficient (Wildman–Crippen LogP) is 3.39. The van der Waals surface area contributed by atoms with Crippen LogP contribution in [-0.4, -0.2) is 51.9 Å². The average Bonchev–Trinajstić information content (AvgIpc) is 3.16. The van der Waals surface area contributed by atoms with Crippen LogP contribution in [0.3, 0.4) is 0 Å². The van der Waals surface area contributed by atoms with Gasteiger partial charge < -0.3 is 15.0 Å². The van der Waals surface area contributed by atoms with Gasteiger partial charge in [0.2, 0.25) is 0 Å². The van der Waals surface area contributed by atoms with Gasteiger partial charge in [-0.25, -0.2) is 13.9 Å². The summed E-state index contributed by atoms with van der Waals surface area (Å²) in [6.07, 6.45) is 3.15. The van der Waals surface area contributed by atoms with Crippen LogP contribution in [-0.2, 0) is 4.74 Å². The first-order valence-electron chi connectivity index (χ1n) is 9.79. The molecule has 2 aromatic rings. The maximum atomic E-state index is 13.0. The minimum Gasteiger partial charge on any atom is -0.444 e. The third-order valence-corrected chi connectivity index (χ3v) is 4.63. The number of hydrogen-bond acceptors (Lipinski definition) is 4. The number of rotatable bonds is 4. The van der Waals surface area contributed by atoms with Gasteiger partial charge in [-0.2, -0.15) is 5.10 Å². The Morgan fingerprint density at radius 1 is 1.24 bits per heavy atom. The van der Waals surface area contributed by atoms with Gasteiger partial charge in [-0.15, -0.1) is 0 Å². The van der Waals surface area contributed by atoms with Crippen molar-refractivity contribution >= 4 is 12.0 Å². The summed E-state index contributed by atoms with van der Waals surface area (Å²) in [7, 11) is 0. The molecule has 1 aromatic carbocycles. The van der Waals surface area contributed by atoms with Crippen LogP contribution in [0.5, 0.6) is 0 Å². The Kier molecular flexibility index (Phi) is 6.20. The molecule has 1 aliphatic heterocycles. The van der Waals surface area contributed by atoms with Crippen molar-refractivity contribution in [1.82, 2.24) is 20.0 Å². The van der Waals surface area contributed by atoms with Crippen LogP contribution in [0.15, 0.2) is 36.5 Å². The number of nitrogens with one attached hydrogen (secondary N) is 1. The van der Waals surface area contributed by atoms with E-state index in [0.717, 1.165) is 12.8 Å². The fourth-order valence-corrected chi connectivity index (χ4v) is 3.23. The quantitative estimate of drug-likeness (QED) is 0.851. The van der Waals surface area contributed by atoms with E-state index in [2.05, 4.69) is 10.4 Å². The summed E-state index contributed by atoms with van der Waals surface area (Å²) < 4.78 is 20.0. The van der Waals surface area contributed by atoms with E-state index in [1.807, 2.05) is 20.8 Å². The number of aromatic nitrogens is 2. The summed E-state index contributed by atoms with van der Waals surface area (Å²) in [6.45, 7) is 7.22. The number of carbonyl (C=O) groups excluding carboxylic acids is 2. The standard InChI is InChI=1S/C21H27FN4O3/c1-21(2,3)29-20(28)25-11-4-5-15(14-25)13-23-19(27)18-10-12-26(24-18)17-8-6-16(22)7-9-17/h6-10,12,15H,4-5,11,13-14H2,1-3H3,(H,23,27). The molecule has 0 bridgehead atoms. The number of halogens is 1. The van der Waals surface area contributed by atoms with Gasteiger partial charge in [0.1, 0.15) is 11.4 Å². The van der Waals surface area contributed by atoms with Crippen molar-refractivity contribution in [3.63, 3.8) is 0 Å². The predicted molar refractivity (Wildman–Crippen MR) is 106 cm³/mol. The van der Waals surface area contributed by atoms with Crippen molar-refractivity contribution in [2.45, 2.75) is 39.2 Å². The first kappa shape index (κ1) is 20.8. The maximum absolute atomic E-state index is 13.0. The van der Waals surface area contributed by atoms with Gasteiger partial charge in [-0.1, -0.05) is 0 Å². The molecule has 8 heteroatoms. The molecule has 1 unspecified atom stereocenters. The molecule has 1 N–H and O–H groups in total. The van der Waals surface area contributed by atoms with Gasteiger partial charge in [0.25, 0.3) is 5.91 Å². The number of carbonyl (C=O) groups is 2.